The summed E-state index contributed by atoms with van der Waals surface area (Å²) in [7, 11) is 0. The number of rotatable bonds is 3. The van der Waals surface area contributed by atoms with Gasteiger partial charge in [0.15, 0.2) is 0 Å². The van der Waals surface area contributed by atoms with Crippen molar-refractivity contribution in [2.24, 2.45) is 5.92 Å². The quantitative estimate of drug-likeness (QED) is 0.669. The Morgan fingerprint density at radius 3 is 2.55 bits per heavy atom. The van der Waals surface area contributed by atoms with E-state index >= 15 is 0 Å². The third-order valence-electron chi connectivity index (χ3n) is 1.95. The summed E-state index contributed by atoms with van der Waals surface area (Å²) in [6, 6.07) is 0. The van der Waals surface area contributed by atoms with E-state index in [1.54, 1.807) is 0 Å². The van der Waals surface area contributed by atoms with Crippen molar-refractivity contribution in [2.45, 2.75) is 32.8 Å². The minimum atomic E-state index is 0.527. The fourth-order valence-electron chi connectivity index (χ4n) is 1.29. The summed E-state index contributed by atoms with van der Waals surface area (Å²) in [6.45, 7) is 7.57. The second-order valence-electron chi connectivity index (χ2n) is 3.68. The van der Waals surface area contributed by atoms with Gasteiger partial charge in [-0.05, 0) is 31.8 Å². The summed E-state index contributed by atoms with van der Waals surface area (Å²) >= 11 is 0. The van der Waals surface area contributed by atoms with Gasteiger partial charge in [0.1, 0.15) is 0 Å². The molecule has 0 aromatic rings. The summed E-state index contributed by atoms with van der Waals surface area (Å²) in [4.78, 5) is 0. The predicted octanol–water partition coefficient (Wildman–Crippen LogP) is 1.41. The van der Waals surface area contributed by atoms with Crippen molar-refractivity contribution in [3.63, 3.8) is 0 Å². The number of ether oxygens (including phenoxy) is 1. The zero-order chi connectivity index (χ0) is 8.10. The van der Waals surface area contributed by atoms with Crippen molar-refractivity contribution in [2.75, 3.05) is 19.7 Å². The predicted molar refractivity (Wildman–Crippen MR) is 46.7 cm³/mol. The first kappa shape index (κ1) is 9.01. The molecule has 0 aromatic carbocycles. The highest BCUT2D eigenvalue weighted by Gasteiger charge is 2.12. The molecule has 0 atom stereocenters. The van der Waals surface area contributed by atoms with Gasteiger partial charge in [-0.2, -0.15) is 0 Å². The van der Waals surface area contributed by atoms with Crippen LogP contribution in [-0.4, -0.2) is 25.8 Å². The highest BCUT2D eigenvalue weighted by atomic mass is 16.5. The van der Waals surface area contributed by atoms with Gasteiger partial charge in [0.25, 0.3) is 0 Å². The average molecular weight is 157 g/mol. The van der Waals surface area contributed by atoms with Crippen LogP contribution in [0.25, 0.3) is 0 Å². The van der Waals surface area contributed by atoms with Crippen LogP contribution in [-0.2, 0) is 4.74 Å². The minimum Gasteiger partial charge on any atom is -0.378 e. The molecule has 2 nitrogen and oxygen atoms in total. The van der Waals surface area contributed by atoms with Crippen LogP contribution >= 0.6 is 0 Å². The first-order valence-corrected chi connectivity index (χ1v) is 4.61. The summed E-state index contributed by atoms with van der Waals surface area (Å²) in [5.41, 5.74) is 0. The molecule has 1 saturated heterocycles. The van der Waals surface area contributed by atoms with E-state index in [1.807, 2.05) is 0 Å². The van der Waals surface area contributed by atoms with Gasteiger partial charge in [0.05, 0.1) is 6.10 Å². The number of piperidine rings is 1. The molecule has 1 fully saturated rings. The SMILES string of the molecule is CC(C)COC1CCNCC1. The molecule has 0 spiro atoms. The lowest BCUT2D eigenvalue weighted by atomic mass is 10.1. The maximum absolute atomic E-state index is 5.70. The Bertz CT molecular complexity index is 97.7. The maximum atomic E-state index is 5.70. The largest absolute Gasteiger partial charge is 0.378 e. The van der Waals surface area contributed by atoms with Gasteiger partial charge >= 0.3 is 0 Å². The van der Waals surface area contributed by atoms with Crippen molar-refractivity contribution < 1.29 is 4.74 Å². The first-order chi connectivity index (χ1) is 5.29. The minimum absolute atomic E-state index is 0.527. The van der Waals surface area contributed by atoms with E-state index in [-0.39, 0.29) is 0 Å². The third-order valence-corrected chi connectivity index (χ3v) is 1.95. The van der Waals surface area contributed by atoms with E-state index in [0.29, 0.717) is 12.0 Å². The number of hydrogen-bond donors (Lipinski definition) is 1. The molecule has 0 saturated carbocycles. The Balaban J connectivity index is 2.05. The van der Waals surface area contributed by atoms with Crippen molar-refractivity contribution in [3.05, 3.63) is 0 Å². The zero-order valence-electron chi connectivity index (χ0n) is 7.60. The van der Waals surface area contributed by atoms with Crippen LogP contribution in [0.15, 0.2) is 0 Å². The van der Waals surface area contributed by atoms with E-state index in [1.165, 1.54) is 12.8 Å². The van der Waals surface area contributed by atoms with E-state index in [4.69, 9.17) is 4.74 Å². The molecule has 0 aromatic heterocycles. The fourth-order valence-corrected chi connectivity index (χ4v) is 1.29. The van der Waals surface area contributed by atoms with Crippen LogP contribution in [0.1, 0.15) is 26.7 Å². The Kier molecular flexibility index (Phi) is 3.87. The number of nitrogens with one attached hydrogen (secondary N) is 1. The van der Waals surface area contributed by atoms with E-state index in [9.17, 15) is 0 Å². The molecule has 0 radical (unpaired) electrons. The molecule has 2 heteroatoms. The maximum Gasteiger partial charge on any atom is 0.0599 e. The highest BCUT2D eigenvalue weighted by molar-refractivity contribution is 4.68. The highest BCUT2D eigenvalue weighted by Crippen LogP contribution is 2.08. The normalized spacial score (nSPS) is 21.0. The molecule has 11 heavy (non-hydrogen) atoms. The van der Waals surface area contributed by atoms with Gasteiger partial charge in [-0.3, -0.25) is 0 Å². The molecule has 1 N–H and O–H groups in total. The van der Waals surface area contributed by atoms with Crippen LogP contribution in [0.3, 0.4) is 0 Å². The lowest BCUT2D eigenvalue weighted by Crippen LogP contribution is -2.33. The zero-order valence-corrected chi connectivity index (χ0v) is 7.60. The molecular formula is C9H19NO. The monoisotopic (exact) mass is 157 g/mol. The van der Waals surface area contributed by atoms with Crippen molar-refractivity contribution in [3.8, 4) is 0 Å². The lowest BCUT2D eigenvalue weighted by Gasteiger charge is -2.23. The fraction of sp³-hybridized carbons (Fsp3) is 1.00. The van der Waals surface area contributed by atoms with Gasteiger partial charge in [-0.1, -0.05) is 13.8 Å². The molecule has 1 heterocycles. The molecule has 66 valence electrons. The molecule has 1 aliphatic heterocycles. The summed E-state index contributed by atoms with van der Waals surface area (Å²) in [5, 5.41) is 3.32. The van der Waals surface area contributed by atoms with Crippen LogP contribution in [0.4, 0.5) is 0 Å². The van der Waals surface area contributed by atoms with Crippen LogP contribution in [0.2, 0.25) is 0 Å². The van der Waals surface area contributed by atoms with E-state index < -0.39 is 0 Å². The molecule has 0 unspecified atom stereocenters. The number of hydrogen-bond acceptors (Lipinski definition) is 2. The smallest absolute Gasteiger partial charge is 0.0599 e. The molecule has 1 rings (SSSR count). The average Bonchev–Trinajstić information content (AvgIpc) is 2.03. The van der Waals surface area contributed by atoms with Gasteiger partial charge in [-0.25, -0.2) is 0 Å². The van der Waals surface area contributed by atoms with Gasteiger partial charge < -0.3 is 10.1 Å². The van der Waals surface area contributed by atoms with Crippen molar-refractivity contribution in [1.82, 2.24) is 5.32 Å². The van der Waals surface area contributed by atoms with Gasteiger partial charge in [0, 0.05) is 6.61 Å². The molecule has 0 bridgehead atoms. The Morgan fingerprint density at radius 2 is 2.00 bits per heavy atom. The third kappa shape index (κ3) is 3.73. The second kappa shape index (κ2) is 4.73. The Labute approximate surface area is 69.3 Å². The molecule has 1 aliphatic rings. The van der Waals surface area contributed by atoms with E-state index in [0.717, 1.165) is 19.7 Å². The topological polar surface area (TPSA) is 21.3 Å². The summed E-state index contributed by atoms with van der Waals surface area (Å²) < 4.78 is 5.70. The van der Waals surface area contributed by atoms with Crippen molar-refractivity contribution >= 4 is 0 Å². The van der Waals surface area contributed by atoms with Crippen LogP contribution in [0.5, 0.6) is 0 Å². The molecular weight excluding hydrogens is 138 g/mol. The second-order valence-corrected chi connectivity index (χ2v) is 3.68. The summed E-state index contributed by atoms with van der Waals surface area (Å²) in [6.07, 6.45) is 2.90. The van der Waals surface area contributed by atoms with Gasteiger partial charge in [0.2, 0.25) is 0 Å². The molecule has 0 aliphatic carbocycles. The first-order valence-electron chi connectivity index (χ1n) is 4.61. The summed E-state index contributed by atoms with van der Waals surface area (Å²) in [5.74, 6) is 0.671. The standard InChI is InChI=1S/C9H19NO/c1-8(2)7-11-9-3-5-10-6-4-9/h8-10H,3-7H2,1-2H3. The lowest BCUT2D eigenvalue weighted by molar-refractivity contribution is 0.0178. The Morgan fingerprint density at radius 1 is 1.36 bits per heavy atom. The van der Waals surface area contributed by atoms with Gasteiger partial charge in [-0.15, -0.1) is 0 Å². The van der Waals surface area contributed by atoms with E-state index in [2.05, 4.69) is 19.2 Å². The Hall–Kier alpha value is -0.0800. The van der Waals surface area contributed by atoms with Crippen LogP contribution < -0.4 is 5.32 Å². The van der Waals surface area contributed by atoms with Crippen molar-refractivity contribution in [1.29, 1.82) is 0 Å². The van der Waals surface area contributed by atoms with Crippen LogP contribution in [0, 0.1) is 5.92 Å². The molecule has 0 amide bonds.